The van der Waals surface area contributed by atoms with E-state index in [1.54, 1.807) is 54.5 Å². The first kappa shape index (κ1) is 24.8. The van der Waals surface area contributed by atoms with E-state index >= 15 is 0 Å². The molecule has 0 radical (unpaired) electrons. The van der Waals surface area contributed by atoms with Gasteiger partial charge in [0.05, 0.1) is 11.2 Å². The number of rotatable bonds is 2. The summed E-state index contributed by atoms with van der Waals surface area (Å²) in [4.78, 5) is 18.0. The Morgan fingerprint density at radius 3 is 2.28 bits per heavy atom. The van der Waals surface area contributed by atoms with Gasteiger partial charge < -0.3 is 18.9 Å². The lowest BCUT2D eigenvalue weighted by Crippen LogP contribution is -2.43. The molecule has 0 bridgehead atoms. The molecule has 1 amide bonds. The van der Waals surface area contributed by atoms with Crippen LogP contribution < -0.4 is 5.46 Å². The van der Waals surface area contributed by atoms with Gasteiger partial charge in [-0.2, -0.15) is 13.2 Å². The second-order valence-electron chi connectivity index (χ2n) is 10.5. The molecule has 2 fully saturated rings. The maximum absolute atomic E-state index is 14.0. The van der Waals surface area contributed by atoms with Crippen molar-refractivity contribution in [3.63, 3.8) is 0 Å². The molecule has 1 aromatic rings. The molecule has 6 nitrogen and oxygen atoms in total. The third-order valence-corrected chi connectivity index (χ3v) is 6.22. The molecule has 3 heterocycles. The van der Waals surface area contributed by atoms with Crippen LogP contribution in [0.25, 0.3) is 0 Å². The maximum Gasteiger partial charge on any atom is 0.497 e. The fourth-order valence-corrected chi connectivity index (χ4v) is 3.81. The quantitative estimate of drug-likeness (QED) is 0.613. The second-order valence-corrected chi connectivity index (χ2v) is 10.5. The number of ether oxygens (including phenoxy) is 1. The molecule has 0 aromatic carbocycles. The zero-order chi connectivity index (χ0) is 24.1. The van der Waals surface area contributed by atoms with E-state index < -0.39 is 41.9 Å². The number of carbonyl (C=O) groups is 1. The van der Waals surface area contributed by atoms with Gasteiger partial charge in [0, 0.05) is 30.2 Å². The van der Waals surface area contributed by atoms with Crippen molar-refractivity contribution >= 4 is 18.7 Å². The molecule has 3 rings (SSSR count). The van der Waals surface area contributed by atoms with Crippen molar-refractivity contribution in [2.24, 2.45) is 0 Å². The fourth-order valence-electron chi connectivity index (χ4n) is 3.81. The molecule has 0 saturated carbocycles. The number of pyridine rings is 1. The van der Waals surface area contributed by atoms with Crippen LogP contribution in [0, 0.1) is 0 Å². The Morgan fingerprint density at radius 2 is 1.75 bits per heavy atom. The van der Waals surface area contributed by atoms with Gasteiger partial charge in [-0.3, -0.25) is 0 Å². The molecule has 32 heavy (non-hydrogen) atoms. The Bertz CT molecular complexity index is 852. The van der Waals surface area contributed by atoms with E-state index in [4.69, 9.17) is 14.0 Å². The molecule has 0 aliphatic carbocycles. The smallest absolute Gasteiger partial charge is 0.444 e. The molecule has 2 saturated heterocycles. The number of piperidine rings is 1. The third-order valence-electron chi connectivity index (χ3n) is 6.22. The molecule has 1 aromatic heterocycles. The molecule has 1 unspecified atom stereocenters. The van der Waals surface area contributed by atoms with Crippen molar-refractivity contribution in [3.05, 3.63) is 23.5 Å². The Labute approximate surface area is 187 Å². The molecular formula is C22H32BF3N2O4. The molecule has 0 spiro atoms. The molecule has 1 atom stereocenters. The first-order chi connectivity index (χ1) is 14.5. The summed E-state index contributed by atoms with van der Waals surface area (Å²) in [7, 11) is -1.16. The minimum absolute atomic E-state index is 0.139. The van der Waals surface area contributed by atoms with Crippen LogP contribution in [0.3, 0.4) is 0 Å². The van der Waals surface area contributed by atoms with Gasteiger partial charge in [0.25, 0.3) is 0 Å². The monoisotopic (exact) mass is 456 g/mol. The topological polar surface area (TPSA) is 60.9 Å². The number of carbonyl (C=O) groups excluding carboxylic acids is 1. The van der Waals surface area contributed by atoms with Gasteiger partial charge in [-0.05, 0) is 67.4 Å². The molecule has 2 aliphatic rings. The standard InChI is InChI=1S/C22H32BF3N2O4/c1-19(2,3)30-18(29)28-12-8-9-14(13-28)16-11-10-15(17(27-16)22(24,25)26)23-31-20(4,5)21(6,7)32-23/h10-11,14H,8-9,12-13H2,1-7H3. The van der Waals surface area contributed by atoms with E-state index in [0.29, 0.717) is 25.1 Å². The highest BCUT2D eigenvalue weighted by atomic mass is 19.4. The Kier molecular flexibility index (Phi) is 6.36. The van der Waals surface area contributed by atoms with Crippen LogP contribution in [-0.4, -0.2) is 53.0 Å². The van der Waals surface area contributed by atoms with E-state index in [1.807, 2.05) is 0 Å². The number of hydrogen-bond acceptors (Lipinski definition) is 5. The number of halogens is 3. The highest BCUT2D eigenvalue weighted by Gasteiger charge is 2.54. The van der Waals surface area contributed by atoms with E-state index in [9.17, 15) is 18.0 Å². The van der Waals surface area contributed by atoms with Crippen molar-refractivity contribution in [3.8, 4) is 0 Å². The van der Waals surface area contributed by atoms with Crippen LogP contribution in [0.15, 0.2) is 12.1 Å². The summed E-state index contributed by atoms with van der Waals surface area (Å²) in [6, 6.07) is 2.97. The lowest BCUT2D eigenvalue weighted by atomic mass is 9.77. The van der Waals surface area contributed by atoms with Crippen molar-refractivity contribution in [2.75, 3.05) is 13.1 Å². The van der Waals surface area contributed by atoms with Crippen LogP contribution in [-0.2, 0) is 20.2 Å². The van der Waals surface area contributed by atoms with Gasteiger partial charge in [-0.25, -0.2) is 9.78 Å². The number of hydrogen-bond donors (Lipinski definition) is 0. The van der Waals surface area contributed by atoms with Gasteiger partial charge in [-0.1, -0.05) is 6.07 Å². The van der Waals surface area contributed by atoms with Crippen LogP contribution in [0.1, 0.15) is 78.6 Å². The van der Waals surface area contributed by atoms with Gasteiger partial charge >= 0.3 is 19.4 Å². The summed E-state index contributed by atoms with van der Waals surface area (Å²) in [5.74, 6) is -0.315. The van der Waals surface area contributed by atoms with E-state index in [2.05, 4.69) is 4.98 Å². The predicted molar refractivity (Wildman–Crippen MR) is 115 cm³/mol. The highest BCUT2D eigenvalue weighted by Crippen LogP contribution is 2.38. The number of amides is 1. The molecule has 2 aliphatic heterocycles. The zero-order valence-electron chi connectivity index (χ0n) is 19.8. The van der Waals surface area contributed by atoms with Crippen LogP contribution in [0.5, 0.6) is 0 Å². The van der Waals surface area contributed by atoms with Crippen molar-refractivity contribution < 1.29 is 32.0 Å². The maximum atomic E-state index is 14.0. The van der Waals surface area contributed by atoms with Crippen LogP contribution >= 0.6 is 0 Å². The van der Waals surface area contributed by atoms with E-state index in [-0.39, 0.29) is 17.9 Å². The van der Waals surface area contributed by atoms with Gasteiger partial charge in [0.15, 0.2) is 0 Å². The summed E-state index contributed by atoms with van der Waals surface area (Å²) in [6.07, 6.45) is -3.84. The normalized spacial score (nSPS) is 23.4. The highest BCUT2D eigenvalue weighted by molar-refractivity contribution is 6.62. The van der Waals surface area contributed by atoms with Crippen molar-refractivity contribution in [2.45, 2.75) is 90.2 Å². The zero-order valence-corrected chi connectivity index (χ0v) is 19.8. The van der Waals surface area contributed by atoms with Crippen molar-refractivity contribution in [1.29, 1.82) is 0 Å². The van der Waals surface area contributed by atoms with Gasteiger partial charge in [-0.15, -0.1) is 0 Å². The van der Waals surface area contributed by atoms with Crippen molar-refractivity contribution in [1.82, 2.24) is 9.88 Å². The van der Waals surface area contributed by atoms with E-state index in [0.717, 1.165) is 0 Å². The average Bonchev–Trinajstić information content (AvgIpc) is 2.86. The lowest BCUT2D eigenvalue weighted by molar-refractivity contribution is -0.140. The van der Waals surface area contributed by atoms with Crippen LogP contribution in [0.4, 0.5) is 18.0 Å². The number of alkyl halides is 3. The Hall–Kier alpha value is -1.81. The summed E-state index contributed by atoms with van der Waals surface area (Å²) in [5, 5.41) is 0. The molecule has 10 heteroatoms. The first-order valence-electron chi connectivity index (χ1n) is 10.9. The molecule has 0 N–H and O–H groups in total. The molecule has 178 valence electrons. The number of nitrogens with zero attached hydrogens (tertiary/aromatic N) is 2. The molecular weight excluding hydrogens is 424 g/mol. The van der Waals surface area contributed by atoms with Crippen LogP contribution in [0.2, 0.25) is 0 Å². The summed E-state index contributed by atoms with van der Waals surface area (Å²) >= 11 is 0. The minimum Gasteiger partial charge on any atom is -0.444 e. The lowest BCUT2D eigenvalue weighted by Gasteiger charge is -2.34. The summed E-state index contributed by atoms with van der Waals surface area (Å²) < 4.78 is 59.0. The first-order valence-corrected chi connectivity index (χ1v) is 10.9. The average molecular weight is 456 g/mol. The Balaban J connectivity index is 1.87. The predicted octanol–water partition coefficient (Wildman–Crippen LogP) is 4.51. The minimum atomic E-state index is -4.67. The second kappa shape index (κ2) is 8.20. The number of likely N-dealkylation sites (tertiary alicyclic amines) is 1. The fraction of sp³-hybridized carbons (Fsp3) is 0.727. The number of aromatic nitrogens is 1. The summed E-state index contributed by atoms with van der Waals surface area (Å²) in [6.45, 7) is 13.2. The SMILES string of the molecule is CC(C)(C)OC(=O)N1CCCC(c2ccc(B3OC(C)(C)C(C)(C)O3)c(C(F)(F)F)n2)C1. The Morgan fingerprint density at radius 1 is 1.16 bits per heavy atom. The third kappa shape index (κ3) is 5.22. The van der Waals surface area contributed by atoms with Gasteiger partial charge in [0.2, 0.25) is 0 Å². The summed E-state index contributed by atoms with van der Waals surface area (Å²) in [5.41, 5.74) is -3.03. The van der Waals surface area contributed by atoms with E-state index in [1.165, 1.54) is 11.0 Å². The van der Waals surface area contributed by atoms with Gasteiger partial charge in [0.1, 0.15) is 11.3 Å². The largest absolute Gasteiger partial charge is 0.497 e.